The van der Waals surface area contributed by atoms with E-state index < -0.39 is 5.97 Å². The van der Waals surface area contributed by atoms with Crippen molar-refractivity contribution in [1.82, 2.24) is 14.1 Å². The van der Waals surface area contributed by atoms with Crippen LogP contribution in [-0.4, -0.2) is 27.2 Å². The first-order valence-electron chi connectivity index (χ1n) is 12.9. The highest BCUT2D eigenvalue weighted by Gasteiger charge is 2.17. The van der Waals surface area contributed by atoms with Gasteiger partial charge in [-0.15, -0.1) is 0 Å². The molecule has 200 valence electrons. The van der Waals surface area contributed by atoms with Gasteiger partial charge < -0.3 is 9.30 Å². The number of aromatic nitrogens is 3. The van der Waals surface area contributed by atoms with Crippen molar-refractivity contribution in [2.75, 3.05) is 7.11 Å². The van der Waals surface area contributed by atoms with Crippen LogP contribution >= 0.6 is 23.2 Å². The van der Waals surface area contributed by atoms with Crippen molar-refractivity contribution >= 4 is 51.0 Å². The maximum atomic E-state index is 13.6. The number of carbonyl (C=O) groups excluding carboxylic acids is 1. The summed E-state index contributed by atoms with van der Waals surface area (Å²) in [5, 5.41) is 2.35. The lowest BCUT2D eigenvalue weighted by Crippen LogP contribution is -2.26. The van der Waals surface area contributed by atoms with Crippen LogP contribution in [0.1, 0.15) is 52.6 Å². The molecule has 0 N–H and O–H groups in total. The summed E-state index contributed by atoms with van der Waals surface area (Å²) in [7, 11) is 1.34. The van der Waals surface area contributed by atoms with Crippen molar-refractivity contribution in [3.63, 3.8) is 0 Å². The van der Waals surface area contributed by atoms with E-state index >= 15 is 0 Å². The van der Waals surface area contributed by atoms with E-state index in [0.29, 0.717) is 39.6 Å². The maximum Gasteiger partial charge on any atom is 0.338 e. The Kier molecular flexibility index (Phi) is 7.78. The number of unbranched alkanes of at least 4 members (excludes halogenated alkanes) is 1. The molecule has 6 nitrogen and oxygen atoms in total. The van der Waals surface area contributed by atoms with E-state index in [1.165, 1.54) is 7.11 Å². The quantitative estimate of drug-likeness (QED) is 0.188. The molecule has 2 aromatic heterocycles. The highest BCUT2D eigenvalue weighted by Crippen LogP contribution is 2.28. The van der Waals surface area contributed by atoms with Gasteiger partial charge in [-0.25, -0.2) is 9.78 Å². The van der Waals surface area contributed by atoms with Gasteiger partial charge in [0.2, 0.25) is 0 Å². The molecule has 0 saturated heterocycles. The molecular formula is C31H29Cl2N3O3. The van der Waals surface area contributed by atoms with Crippen LogP contribution < -0.4 is 5.56 Å². The van der Waals surface area contributed by atoms with E-state index in [9.17, 15) is 9.59 Å². The molecule has 0 bridgehead atoms. The molecule has 0 radical (unpaired) electrons. The van der Waals surface area contributed by atoms with Gasteiger partial charge in [-0.05, 0) is 72.3 Å². The number of nitrogens with zero attached hydrogens (tertiary/aromatic N) is 3. The Labute approximate surface area is 236 Å². The molecule has 0 aliphatic carbocycles. The van der Waals surface area contributed by atoms with Gasteiger partial charge >= 0.3 is 5.97 Å². The van der Waals surface area contributed by atoms with Crippen LogP contribution in [0.15, 0.2) is 65.6 Å². The van der Waals surface area contributed by atoms with E-state index in [0.717, 1.165) is 52.6 Å². The highest BCUT2D eigenvalue weighted by atomic mass is 35.5. The van der Waals surface area contributed by atoms with Crippen molar-refractivity contribution in [2.45, 2.75) is 46.2 Å². The second-order valence-corrected chi connectivity index (χ2v) is 10.6. The van der Waals surface area contributed by atoms with Gasteiger partial charge in [0.15, 0.2) is 0 Å². The lowest BCUT2D eigenvalue weighted by Gasteiger charge is -2.15. The molecule has 0 amide bonds. The molecule has 0 fully saturated rings. The summed E-state index contributed by atoms with van der Waals surface area (Å²) in [5.41, 5.74) is 4.86. The third-order valence-corrected chi connectivity index (χ3v) is 7.73. The van der Waals surface area contributed by atoms with Crippen LogP contribution in [0.2, 0.25) is 10.0 Å². The normalized spacial score (nSPS) is 11.4. The monoisotopic (exact) mass is 561 g/mol. The van der Waals surface area contributed by atoms with Crippen LogP contribution in [0, 0.1) is 6.92 Å². The maximum absolute atomic E-state index is 13.6. The molecule has 0 aliphatic heterocycles. The Balaban J connectivity index is 1.50. The lowest BCUT2D eigenvalue weighted by molar-refractivity contribution is 0.0599. The van der Waals surface area contributed by atoms with Gasteiger partial charge in [-0.2, -0.15) is 0 Å². The minimum atomic E-state index is -0.467. The summed E-state index contributed by atoms with van der Waals surface area (Å²) in [4.78, 5) is 30.8. The number of esters is 1. The minimum absolute atomic E-state index is 0.0116. The summed E-state index contributed by atoms with van der Waals surface area (Å²) in [6.07, 6.45) is 4.71. The first kappa shape index (κ1) is 27.0. The Morgan fingerprint density at radius 3 is 2.56 bits per heavy atom. The van der Waals surface area contributed by atoms with Crippen molar-refractivity contribution < 1.29 is 9.53 Å². The van der Waals surface area contributed by atoms with E-state index in [-0.39, 0.29) is 5.56 Å². The van der Waals surface area contributed by atoms with Crippen LogP contribution in [0.4, 0.5) is 0 Å². The first-order chi connectivity index (χ1) is 18.8. The Hall–Kier alpha value is -3.61. The zero-order chi connectivity index (χ0) is 27.7. The molecule has 3 aromatic carbocycles. The summed E-state index contributed by atoms with van der Waals surface area (Å²) < 4.78 is 8.80. The average Bonchev–Trinajstić information content (AvgIpc) is 3.32. The predicted octanol–water partition coefficient (Wildman–Crippen LogP) is 7.19. The second-order valence-electron chi connectivity index (χ2n) is 9.80. The van der Waals surface area contributed by atoms with Gasteiger partial charge in [-0.3, -0.25) is 9.36 Å². The number of ether oxygens (including phenoxy) is 1. The summed E-state index contributed by atoms with van der Waals surface area (Å²) >= 11 is 12.4. The molecule has 0 atom stereocenters. The number of benzene rings is 3. The molecule has 8 heteroatoms. The van der Waals surface area contributed by atoms with Gasteiger partial charge in [0.25, 0.3) is 5.56 Å². The van der Waals surface area contributed by atoms with Gasteiger partial charge in [-0.1, -0.05) is 54.2 Å². The SMILES string of the molecule is CCCCc1nc2ccc(C)cc2c(=O)n1Cc1ccc2c(ccn2Cc2cc(Cl)c(Cl)cc2C(=O)OC)c1. The molecule has 39 heavy (non-hydrogen) atoms. The molecule has 5 rings (SSSR count). The molecule has 0 unspecified atom stereocenters. The number of carbonyl (C=O) groups is 1. The number of fused-ring (bicyclic) bond motifs is 2. The lowest BCUT2D eigenvalue weighted by atomic mass is 10.1. The Bertz CT molecular complexity index is 1770. The third kappa shape index (κ3) is 5.45. The first-order valence-corrected chi connectivity index (χ1v) is 13.7. The number of halogens is 2. The zero-order valence-corrected chi connectivity index (χ0v) is 23.6. The van der Waals surface area contributed by atoms with Crippen molar-refractivity contribution in [2.24, 2.45) is 0 Å². The van der Waals surface area contributed by atoms with E-state index in [4.69, 9.17) is 32.9 Å². The zero-order valence-electron chi connectivity index (χ0n) is 22.1. The second kappa shape index (κ2) is 11.2. The minimum Gasteiger partial charge on any atom is -0.465 e. The van der Waals surface area contributed by atoms with Crippen LogP contribution in [0.25, 0.3) is 21.8 Å². The molecule has 0 saturated carbocycles. The van der Waals surface area contributed by atoms with Gasteiger partial charge in [0, 0.05) is 24.7 Å². The number of methoxy groups -OCH3 is 1. The topological polar surface area (TPSA) is 66.1 Å². The Morgan fingerprint density at radius 2 is 1.79 bits per heavy atom. The highest BCUT2D eigenvalue weighted by molar-refractivity contribution is 6.42. The van der Waals surface area contributed by atoms with E-state index in [1.807, 2.05) is 58.7 Å². The fourth-order valence-corrected chi connectivity index (χ4v) is 5.29. The van der Waals surface area contributed by atoms with Crippen LogP contribution in [-0.2, 0) is 24.2 Å². The molecule has 0 aliphatic rings. The fraction of sp³-hybridized carbons (Fsp3) is 0.258. The van der Waals surface area contributed by atoms with Gasteiger partial charge in [0.1, 0.15) is 5.82 Å². The largest absolute Gasteiger partial charge is 0.465 e. The number of hydrogen-bond donors (Lipinski definition) is 0. The molecule has 2 heterocycles. The fourth-order valence-electron chi connectivity index (χ4n) is 4.94. The number of hydrogen-bond acceptors (Lipinski definition) is 4. The third-order valence-electron chi connectivity index (χ3n) is 7.01. The van der Waals surface area contributed by atoms with Gasteiger partial charge in [0.05, 0.1) is 40.2 Å². The number of aryl methyl sites for hydroxylation is 2. The van der Waals surface area contributed by atoms with E-state index in [2.05, 4.69) is 13.0 Å². The van der Waals surface area contributed by atoms with Crippen LogP contribution in [0.3, 0.4) is 0 Å². The number of rotatable bonds is 8. The summed E-state index contributed by atoms with van der Waals surface area (Å²) in [6, 6.07) is 17.3. The van der Waals surface area contributed by atoms with Crippen LogP contribution in [0.5, 0.6) is 0 Å². The Morgan fingerprint density at radius 1 is 1.00 bits per heavy atom. The molecule has 5 aromatic rings. The van der Waals surface area contributed by atoms with Crippen molar-refractivity contribution in [3.8, 4) is 0 Å². The van der Waals surface area contributed by atoms with Crippen molar-refractivity contribution in [3.05, 3.63) is 109 Å². The van der Waals surface area contributed by atoms with Crippen molar-refractivity contribution in [1.29, 1.82) is 0 Å². The standard InChI is InChI=1S/C31H29Cl2N3O3/c1-4-5-6-29-34-27-9-7-19(2)13-24(27)30(37)36(29)17-20-8-10-28-21(14-20)11-12-35(28)18-22-15-25(32)26(33)16-23(22)31(38)39-3/h7-16H,4-6,17-18H2,1-3H3. The average molecular weight is 562 g/mol. The molecular weight excluding hydrogens is 533 g/mol. The predicted molar refractivity (Wildman–Crippen MR) is 157 cm³/mol. The summed E-state index contributed by atoms with van der Waals surface area (Å²) in [6.45, 7) is 4.98. The summed E-state index contributed by atoms with van der Waals surface area (Å²) in [5.74, 6) is 0.344. The smallest absolute Gasteiger partial charge is 0.338 e. The van der Waals surface area contributed by atoms with E-state index in [1.54, 1.807) is 12.1 Å². The molecule has 0 spiro atoms.